The summed E-state index contributed by atoms with van der Waals surface area (Å²) in [4.78, 5) is 21.1. The standard InChI is InChI=1S/C22H15F3N6OS/c1-10-2-4-11(5-3-10)15-13(8-26)19(28)31-21-16(15)17(27)18(33-21)20(32)30-14-7-6-12(9-29-14)22(23,24)25/h2-7,9H,27H2,1H3,(H2,28,31)(H,29,30,32). The van der Waals surface area contributed by atoms with Crippen LogP contribution in [0, 0.1) is 18.3 Å². The zero-order valence-electron chi connectivity index (χ0n) is 17.0. The molecule has 5 N–H and O–H groups in total. The first-order valence-electron chi connectivity index (χ1n) is 9.43. The van der Waals surface area contributed by atoms with Crippen molar-refractivity contribution in [1.29, 1.82) is 5.26 Å². The van der Waals surface area contributed by atoms with Gasteiger partial charge in [0, 0.05) is 17.1 Å². The zero-order chi connectivity index (χ0) is 23.9. The van der Waals surface area contributed by atoms with Gasteiger partial charge in [-0.2, -0.15) is 18.4 Å². The van der Waals surface area contributed by atoms with Crippen LogP contribution in [0.5, 0.6) is 0 Å². The topological polar surface area (TPSA) is 131 Å². The van der Waals surface area contributed by atoms with E-state index in [0.29, 0.717) is 27.5 Å². The average molecular weight is 468 g/mol. The minimum atomic E-state index is -4.54. The second kappa shape index (κ2) is 8.07. The normalized spacial score (nSPS) is 11.4. The Kier molecular flexibility index (Phi) is 5.39. The fourth-order valence-corrected chi connectivity index (χ4v) is 4.28. The molecule has 0 atom stereocenters. The van der Waals surface area contributed by atoms with Crippen molar-refractivity contribution in [3.8, 4) is 17.2 Å². The van der Waals surface area contributed by atoms with E-state index in [0.717, 1.165) is 29.0 Å². The van der Waals surface area contributed by atoms with E-state index in [-0.39, 0.29) is 27.8 Å². The summed E-state index contributed by atoms with van der Waals surface area (Å²) >= 11 is 0.959. The molecule has 3 heterocycles. The molecule has 0 bridgehead atoms. The van der Waals surface area contributed by atoms with Crippen molar-refractivity contribution in [3.63, 3.8) is 0 Å². The van der Waals surface area contributed by atoms with Crippen LogP contribution in [0.3, 0.4) is 0 Å². The molecule has 11 heteroatoms. The smallest absolute Gasteiger partial charge is 0.397 e. The molecule has 0 unspecified atom stereocenters. The number of carbonyl (C=O) groups excluding carboxylic acids is 1. The fourth-order valence-electron chi connectivity index (χ4n) is 3.27. The lowest BCUT2D eigenvalue weighted by molar-refractivity contribution is -0.137. The molecular formula is C22H15F3N6OS. The maximum absolute atomic E-state index is 12.9. The van der Waals surface area contributed by atoms with Gasteiger partial charge in [0.05, 0.1) is 11.3 Å². The number of anilines is 3. The first kappa shape index (κ1) is 22.0. The van der Waals surface area contributed by atoms with E-state index in [1.54, 1.807) is 0 Å². The number of nitrogens with zero attached hydrogens (tertiary/aromatic N) is 3. The van der Waals surface area contributed by atoms with Gasteiger partial charge in [-0.05, 0) is 24.6 Å². The Balaban J connectivity index is 1.79. The van der Waals surface area contributed by atoms with E-state index in [1.165, 1.54) is 0 Å². The summed E-state index contributed by atoms with van der Waals surface area (Å²) in [5.74, 6) is -0.748. The number of aromatic nitrogens is 2. The first-order valence-corrected chi connectivity index (χ1v) is 10.2. The lowest BCUT2D eigenvalue weighted by Gasteiger charge is -2.10. The van der Waals surface area contributed by atoms with Gasteiger partial charge in [-0.15, -0.1) is 11.3 Å². The number of rotatable bonds is 3. The molecule has 0 fully saturated rings. The molecule has 0 spiro atoms. The third-order valence-electron chi connectivity index (χ3n) is 4.90. The monoisotopic (exact) mass is 468 g/mol. The Hall–Kier alpha value is -4.17. The summed E-state index contributed by atoms with van der Waals surface area (Å²) in [5.41, 5.74) is 13.7. The molecule has 4 aromatic rings. The molecule has 166 valence electrons. The van der Waals surface area contributed by atoms with Gasteiger partial charge >= 0.3 is 6.18 Å². The molecule has 0 aliphatic heterocycles. The summed E-state index contributed by atoms with van der Waals surface area (Å²) < 4.78 is 38.2. The number of hydrogen-bond donors (Lipinski definition) is 3. The van der Waals surface area contributed by atoms with E-state index in [4.69, 9.17) is 11.5 Å². The molecule has 0 aliphatic carbocycles. The molecule has 1 aromatic carbocycles. The number of hydrogen-bond acceptors (Lipinski definition) is 7. The predicted octanol–water partition coefficient (Wildman–Crippen LogP) is 4.97. The highest BCUT2D eigenvalue weighted by Gasteiger charge is 2.31. The SMILES string of the molecule is Cc1ccc(-c2c(C#N)c(N)nc3sc(C(=O)Nc4ccc(C(F)(F)F)cn4)c(N)c23)cc1. The number of pyridine rings is 2. The second-order valence-corrected chi connectivity index (χ2v) is 8.13. The number of thiophene rings is 1. The van der Waals surface area contributed by atoms with E-state index < -0.39 is 17.6 Å². The first-order chi connectivity index (χ1) is 15.6. The van der Waals surface area contributed by atoms with Crippen molar-refractivity contribution in [2.45, 2.75) is 13.1 Å². The number of halogens is 3. The quantitative estimate of drug-likeness (QED) is 0.389. The summed E-state index contributed by atoms with van der Waals surface area (Å²) in [6, 6.07) is 11.3. The van der Waals surface area contributed by atoms with Crippen LogP contribution in [0.4, 0.5) is 30.5 Å². The third-order valence-corrected chi connectivity index (χ3v) is 5.99. The van der Waals surface area contributed by atoms with Gasteiger partial charge in [-0.1, -0.05) is 29.8 Å². The van der Waals surface area contributed by atoms with Gasteiger partial charge in [0.25, 0.3) is 5.91 Å². The third kappa shape index (κ3) is 4.04. The minimum absolute atomic E-state index is 0.00168. The van der Waals surface area contributed by atoms with Crippen molar-refractivity contribution in [1.82, 2.24) is 9.97 Å². The van der Waals surface area contributed by atoms with Crippen molar-refractivity contribution in [2.24, 2.45) is 0 Å². The lowest BCUT2D eigenvalue weighted by atomic mass is 9.96. The molecular weight excluding hydrogens is 453 g/mol. The van der Waals surface area contributed by atoms with Crippen LogP contribution < -0.4 is 16.8 Å². The highest BCUT2D eigenvalue weighted by molar-refractivity contribution is 7.21. The number of carbonyl (C=O) groups is 1. The number of nitrogen functional groups attached to an aromatic ring is 2. The fraction of sp³-hybridized carbons (Fsp3) is 0.0909. The number of amides is 1. The van der Waals surface area contributed by atoms with Crippen molar-refractivity contribution in [3.05, 3.63) is 64.2 Å². The van der Waals surface area contributed by atoms with Crippen LogP contribution in [-0.2, 0) is 6.18 Å². The highest BCUT2D eigenvalue weighted by atomic mass is 32.1. The van der Waals surface area contributed by atoms with Crippen LogP contribution >= 0.6 is 11.3 Å². The van der Waals surface area contributed by atoms with E-state index in [9.17, 15) is 23.2 Å². The molecule has 1 amide bonds. The number of alkyl halides is 3. The van der Waals surface area contributed by atoms with Crippen LogP contribution in [0.15, 0.2) is 42.6 Å². The van der Waals surface area contributed by atoms with Crippen LogP contribution in [-0.4, -0.2) is 15.9 Å². The van der Waals surface area contributed by atoms with Crippen LogP contribution in [0.1, 0.15) is 26.4 Å². The Morgan fingerprint density at radius 3 is 2.42 bits per heavy atom. The number of aryl methyl sites for hydroxylation is 1. The van der Waals surface area contributed by atoms with Crippen molar-refractivity contribution >= 4 is 44.8 Å². The summed E-state index contributed by atoms with van der Waals surface area (Å²) in [6.45, 7) is 1.92. The Bertz CT molecular complexity index is 1420. The lowest BCUT2D eigenvalue weighted by Crippen LogP contribution is -2.14. The molecule has 0 radical (unpaired) electrons. The number of nitrogens with two attached hydrogens (primary N) is 2. The van der Waals surface area contributed by atoms with E-state index >= 15 is 0 Å². The maximum Gasteiger partial charge on any atom is 0.417 e. The van der Waals surface area contributed by atoms with Crippen molar-refractivity contribution in [2.75, 3.05) is 16.8 Å². The summed E-state index contributed by atoms with van der Waals surface area (Å²) in [7, 11) is 0. The van der Waals surface area contributed by atoms with Gasteiger partial charge in [0.15, 0.2) is 0 Å². The average Bonchev–Trinajstić information content (AvgIpc) is 3.09. The number of nitrogens with one attached hydrogen (secondary N) is 1. The van der Waals surface area contributed by atoms with Gasteiger partial charge in [-0.25, -0.2) is 9.97 Å². The highest BCUT2D eigenvalue weighted by Crippen LogP contribution is 2.42. The van der Waals surface area contributed by atoms with Gasteiger partial charge in [0.2, 0.25) is 0 Å². The van der Waals surface area contributed by atoms with E-state index in [1.807, 2.05) is 31.2 Å². The van der Waals surface area contributed by atoms with Crippen molar-refractivity contribution < 1.29 is 18.0 Å². The molecule has 0 aliphatic rings. The number of fused-ring (bicyclic) bond motifs is 1. The number of benzene rings is 1. The van der Waals surface area contributed by atoms with E-state index in [2.05, 4.69) is 21.4 Å². The largest absolute Gasteiger partial charge is 0.417 e. The zero-order valence-corrected chi connectivity index (χ0v) is 17.8. The molecule has 0 saturated heterocycles. The molecule has 4 rings (SSSR count). The second-order valence-electron chi connectivity index (χ2n) is 7.13. The minimum Gasteiger partial charge on any atom is -0.397 e. The maximum atomic E-state index is 12.9. The Morgan fingerprint density at radius 2 is 1.85 bits per heavy atom. The van der Waals surface area contributed by atoms with Crippen LogP contribution in [0.2, 0.25) is 0 Å². The molecule has 3 aromatic heterocycles. The number of nitriles is 1. The Morgan fingerprint density at radius 1 is 1.15 bits per heavy atom. The van der Waals surface area contributed by atoms with Gasteiger partial charge < -0.3 is 16.8 Å². The molecule has 33 heavy (non-hydrogen) atoms. The van der Waals surface area contributed by atoms with Crippen LogP contribution in [0.25, 0.3) is 21.3 Å². The molecule has 7 nitrogen and oxygen atoms in total. The Labute approximate surface area is 189 Å². The summed E-state index contributed by atoms with van der Waals surface area (Å²) in [6.07, 6.45) is -3.91. The van der Waals surface area contributed by atoms with Gasteiger partial charge in [0.1, 0.15) is 33.0 Å². The summed E-state index contributed by atoms with van der Waals surface area (Å²) in [5, 5.41) is 12.5. The predicted molar refractivity (Wildman–Crippen MR) is 121 cm³/mol. The van der Waals surface area contributed by atoms with Gasteiger partial charge in [-0.3, -0.25) is 4.79 Å². The molecule has 0 saturated carbocycles.